The molecule has 0 spiro atoms. The second-order valence-electron chi connectivity index (χ2n) is 5.18. The van der Waals surface area contributed by atoms with E-state index in [1.54, 1.807) is 0 Å². The van der Waals surface area contributed by atoms with Crippen molar-refractivity contribution in [1.29, 1.82) is 0 Å². The Hall–Kier alpha value is -1.56. The summed E-state index contributed by atoms with van der Waals surface area (Å²) < 4.78 is 0. The molecule has 6 heteroatoms. The molecule has 2 N–H and O–H groups in total. The quantitative estimate of drug-likeness (QED) is 0.845. The summed E-state index contributed by atoms with van der Waals surface area (Å²) in [5.41, 5.74) is 1.43. The van der Waals surface area contributed by atoms with Crippen molar-refractivity contribution in [2.24, 2.45) is 5.41 Å². The lowest BCUT2D eigenvalue weighted by Crippen LogP contribution is -2.36. The molecule has 0 bridgehead atoms. The van der Waals surface area contributed by atoms with Crippen LogP contribution in [0.1, 0.15) is 38.6 Å². The number of nitrogens with one attached hydrogen (secondary N) is 2. The van der Waals surface area contributed by atoms with Crippen LogP contribution in [0.25, 0.3) is 0 Å². The molecule has 2 heterocycles. The van der Waals surface area contributed by atoms with E-state index in [0.717, 1.165) is 37.2 Å². The van der Waals surface area contributed by atoms with Crippen molar-refractivity contribution >= 4 is 11.9 Å². The van der Waals surface area contributed by atoms with Crippen LogP contribution in [0.5, 0.6) is 0 Å². The van der Waals surface area contributed by atoms with Gasteiger partial charge < -0.3 is 5.32 Å². The van der Waals surface area contributed by atoms with Gasteiger partial charge in [-0.25, -0.2) is 4.98 Å². The summed E-state index contributed by atoms with van der Waals surface area (Å²) in [6.45, 7) is 7.57. The number of amides is 1. The molecule has 1 fully saturated rings. The lowest BCUT2D eigenvalue weighted by Gasteiger charge is -2.20. The molecule has 1 amide bonds. The molecule has 0 saturated carbocycles. The zero-order valence-electron chi connectivity index (χ0n) is 11.8. The van der Waals surface area contributed by atoms with Crippen LogP contribution in [0.15, 0.2) is 0 Å². The summed E-state index contributed by atoms with van der Waals surface area (Å²) in [4.78, 5) is 16.6. The zero-order chi connectivity index (χ0) is 13.9. The maximum Gasteiger partial charge on any atom is 0.249 e. The molecule has 1 aliphatic heterocycles. The third-order valence-electron chi connectivity index (χ3n) is 3.65. The van der Waals surface area contributed by atoms with Gasteiger partial charge in [-0.2, -0.15) is 0 Å². The Morgan fingerprint density at radius 1 is 1.32 bits per heavy atom. The fourth-order valence-electron chi connectivity index (χ4n) is 2.25. The third kappa shape index (κ3) is 2.89. The summed E-state index contributed by atoms with van der Waals surface area (Å²) in [5, 5.41) is 14.1. The fraction of sp³-hybridized carbons (Fsp3) is 0.692. The molecule has 1 aromatic rings. The minimum absolute atomic E-state index is 0.0365. The first-order valence-electron chi connectivity index (χ1n) is 6.83. The SMILES string of the molecule is CCc1nnc(NC(=O)C2(C)CCNC2)nc1CC. The van der Waals surface area contributed by atoms with Gasteiger partial charge in [-0.15, -0.1) is 10.2 Å². The molecule has 2 rings (SSSR count). The zero-order valence-corrected chi connectivity index (χ0v) is 11.8. The van der Waals surface area contributed by atoms with Crippen LogP contribution < -0.4 is 10.6 Å². The van der Waals surface area contributed by atoms with Gasteiger partial charge in [0.05, 0.1) is 16.8 Å². The number of hydrogen-bond acceptors (Lipinski definition) is 5. The Kier molecular flexibility index (Phi) is 4.09. The average molecular weight is 263 g/mol. The summed E-state index contributed by atoms with van der Waals surface area (Å²) in [6, 6.07) is 0. The number of carbonyl (C=O) groups excluding carboxylic acids is 1. The van der Waals surface area contributed by atoms with Gasteiger partial charge in [-0.05, 0) is 32.7 Å². The minimum Gasteiger partial charge on any atom is -0.316 e. The topological polar surface area (TPSA) is 79.8 Å². The monoisotopic (exact) mass is 263 g/mol. The molecule has 0 radical (unpaired) electrons. The van der Waals surface area contributed by atoms with Crippen LogP contribution in [0.2, 0.25) is 0 Å². The van der Waals surface area contributed by atoms with Crippen molar-refractivity contribution in [2.45, 2.75) is 40.0 Å². The minimum atomic E-state index is -0.376. The molecule has 1 atom stereocenters. The van der Waals surface area contributed by atoms with E-state index >= 15 is 0 Å². The van der Waals surface area contributed by atoms with Crippen LogP contribution in [0.3, 0.4) is 0 Å². The van der Waals surface area contributed by atoms with E-state index in [1.807, 2.05) is 20.8 Å². The number of rotatable bonds is 4. The molecule has 19 heavy (non-hydrogen) atoms. The summed E-state index contributed by atoms with van der Waals surface area (Å²) in [5.74, 6) is 0.276. The summed E-state index contributed by atoms with van der Waals surface area (Å²) >= 11 is 0. The maximum atomic E-state index is 12.2. The highest BCUT2D eigenvalue weighted by Crippen LogP contribution is 2.25. The van der Waals surface area contributed by atoms with Crippen molar-refractivity contribution in [2.75, 3.05) is 18.4 Å². The van der Waals surface area contributed by atoms with E-state index < -0.39 is 0 Å². The highest BCUT2D eigenvalue weighted by Gasteiger charge is 2.36. The number of aryl methyl sites for hydroxylation is 2. The lowest BCUT2D eigenvalue weighted by atomic mass is 9.89. The number of anilines is 1. The van der Waals surface area contributed by atoms with E-state index in [2.05, 4.69) is 25.8 Å². The molecule has 1 unspecified atom stereocenters. The van der Waals surface area contributed by atoms with Crippen molar-refractivity contribution in [3.8, 4) is 0 Å². The van der Waals surface area contributed by atoms with E-state index in [0.29, 0.717) is 12.5 Å². The smallest absolute Gasteiger partial charge is 0.249 e. The van der Waals surface area contributed by atoms with E-state index in [1.165, 1.54) is 0 Å². The highest BCUT2D eigenvalue weighted by molar-refractivity contribution is 5.94. The summed E-state index contributed by atoms with van der Waals surface area (Å²) in [7, 11) is 0. The Morgan fingerprint density at radius 3 is 2.63 bits per heavy atom. The van der Waals surface area contributed by atoms with Gasteiger partial charge in [0.25, 0.3) is 0 Å². The molecule has 6 nitrogen and oxygen atoms in total. The van der Waals surface area contributed by atoms with Gasteiger partial charge in [0.15, 0.2) is 0 Å². The van der Waals surface area contributed by atoms with Gasteiger partial charge in [0.2, 0.25) is 11.9 Å². The van der Waals surface area contributed by atoms with Gasteiger partial charge in [-0.1, -0.05) is 13.8 Å². The standard InChI is InChI=1S/C13H21N5O/c1-4-9-10(5-2)17-18-12(15-9)16-11(19)13(3)6-7-14-8-13/h14H,4-8H2,1-3H3,(H,15,16,18,19). The summed E-state index contributed by atoms with van der Waals surface area (Å²) in [6.07, 6.45) is 2.43. The van der Waals surface area contributed by atoms with Crippen LogP contribution in [-0.2, 0) is 17.6 Å². The molecule has 1 aromatic heterocycles. The Labute approximate surface area is 113 Å². The Balaban J connectivity index is 2.13. The fourth-order valence-corrected chi connectivity index (χ4v) is 2.25. The second kappa shape index (κ2) is 5.61. The Morgan fingerprint density at radius 2 is 2.05 bits per heavy atom. The van der Waals surface area contributed by atoms with Crippen LogP contribution in [0.4, 0.5) is 5.95 Å². The normalized spacial score (nSPS) is 22.5. The third-order valence-corrected chi connectivity index (χ3v) is 3.65. The van der Waals surface area contributed by atoms with E-state index in [9.17, 15) is 4.79 Å². The number of aromatic nitrogens is 3. The molecule has 1 aliphatic rings. The number of nitrogens with zero attached hydrogens (tertiary/aromatic N) is 3. The first-order chi connectivity index (χ1) is 9.09. The second-order valence-corrected chi connectivity index (χ2v) is 5.18. The van der Waals surface area contributed by atoms with Gasteiger partial charge >= 0.3 is 0 Å². The average Bonchev–Trinajstić information content (AvgIpc) is 2.87. The lowest BCUT2D eigenvalue weighted by molar-refractivity contribution is -0.123. The van der Waals surface area contributed by atoms with Crippen molar-refractivity contribution in [3.05, 3.63) is 11.4 Å². The molecule has 0 aliphatic carbocycles. The highest BCUT2D eigenvalue weighted by atomic mass is 16.2. The molecular formula is C13H21N5O. The van der Waals surface area contributed by atoms with Crippen LogP contribution in [0, 0.1) is 5.41 Å². The van der Waals surface area contributed by atoms with Crippen molar-refractivity contribution in [3.63, 3.8) is 0 Å². The maximum absolute atomic E-state index is 12.2. The van der Waals surface area contributed by atoms with E-state index in [-0.39, 0.29) is 11.3 Å². The van der Waals surface area contributed by atoms with Crippen LogP contribution >= 0.6 is 0 Å². The predicted molar refractivity (Wildman–Crippen MR) is 72.8 cm³/mol. The molecule has 1 saturated heterocycles. The van der Waals surface area contributed by atoms with Crippen molar-refractivity contribution < 1.29 is 4.79 Å². The van der Waals surface area contributed by atoms with Gasteiger partial charge in [0, 0.05) is 6.54 Å². The van der Waals surface area contributed by atoms with Crippen LogP contribution in [-0.4, -0.2) is 34.2 Å². The van der Waals surface area contributed by atoms with Crippen molar-refractivity contribution in [1.82, 2.24) is 20.5 Å². The molecule has 0 aromatic carbocycles. The van der Waals surface area contributed by atoms with Gasteiger partial charge in [-0.3, -0.25) is 10.1 Å². The van der Waals surface area contributed by atoms with Gasteiger partial charge in [0.1, 0.15) is 0 Å². The number of carbonyl (C=O) groups is 1. The van der Waals surface area contributed by atoms with E-state index in [4.69, 9.17) is 0 Å². The molecular weight excluding hydrogens is 242 g/mol. The Bertz CT molecular complexity index is 468. The first-order valence-corrected chi connectivity index (χ1v) is 6.83. The predicted octanol–water partition coefficient (Wildman–Crippen LogP) is 0.934. The molecule has 104 valence electrons. The number of hydrogen-bond donors (Lipinski definition) is 2. The largest absolute Gasteiger partial charge is 0.316 e. The first kappa shape index (κ1) is 13.9.